The van der Waals surface area contributed by atoms with Crippen LogP contribution in [0.5, 0.6) is 0 Å². The molecule has 44 heavy (non-hydrogen) atoms. The number of primary amides is 1. The lowest BCUT2D eigenvalue weighted by Crippen LogP contribution is -2.49. The molecule has 2 aromatic carbocycles. The molecule has 1 aromatic heterocycles. The van der Waals surface area contributed by atoms with E-state index in [0.717, 1.165) is 6.42 Å². The van der Waals surface area contributed by atoms with E-state index in [1.165, 1.54) is 34.1 Å². The zero-order valence-corrected chi connectivity index (χ0v) is 24.5. The standard InChI is InChI=1S/C29H25ClFN9O3S/c30-19-6-2-1-4-16(19)17-5-3-7-20(22(17)31)36-27(43)25-18-8-14(18)11-39(25)21(41)12-40-28-24(23(38-40)26(32)42)37-29(44-28)35-15-9-33-13-34-10-15/h1-7,9-10,13-14,18,24-25,28H,8,11-12H2,(H2,32,42)(H,35,37)(H,36,43)/t14-,18-,24?,25-,28?/m0/s1. The van der Waals surface area contributed by atoms with Gasteiger partial charge < -0.3 is 21.3 Å². The minimum absolute atomic E-state index is 0.00496. The Hall–Kier alpha value is -4.56. The van der Waals surface area contributed by atoms with Crippen molar-refractivity contribution in [3.63, 3.8) is 0 Å². The topological polar surface area (TPSA) is 158 Å². The van der Waals surface area contributed by atoms with Crippen LogP contribution in [0.4, 0.5) is 15.8 Å². The second-order valence-corrected chi connectivity index (χ2v) is 12.4. The Bertz CT molecular complexity index is 1740. The minimum atomic E-state index is -0.767. The molecule has 1 saturated heterocycles. The third kappa shape index (κ3) is 5.13. The average molecular weight is 634 g/mol. The quantitative estimate of drug-likeness (QED) is 0.358. The monoisotopic (exact) mass is 633 g/mol. The number of nitrogens with two attached hydrogens (primary N) is 1. The van der Waals surface area contributed by atoms with Gasteiger partial charge in [-0.2, -0.15) is 5.10 Å². The van der Waals surface area contributed by atoms with Crippen molar-refractivity contribution in [2.45, 2.75) is 23.9 Å². The van der Waals surface area contributed by atoms with Crippen LogP contribution in [-0.4, -0.2) is 79.0 Å². The average Bonchev–Trinajstić information content (AvgIpc) is 3.30. The van der Waals surface area contributed by atoms with E-state index in [1.807, 2.05) is 0 Å². The fourth-order valence-electron chi connectivity index (χ4n) is 5.95. The van der Waals surface area contributed by atoms with Crippen LogP contribution >= 0.6 is 23.4 Å². The Labute approximate surface area is 260 Å². The van der Waals surface area contributed by atoms with Crippen LogP contribution in [0, 0.1) is 17.7 Å². The lowest BCUT2D eigenvalue weighted by atomic mass is 10.0. The highest BCUT2D eigenvalue weighted by Crippen LogP contribution is 2.50. The first-order valence-corrected chi connectivity index (χ1v) is 15.1. The van der Waals surface area contributed by atoms with Crippen LogP contribution in [0.15, 0.2) is 71.3 Å². The van der Waals surface area contributed by atoms with Gasteiger partial charge in [0, 0.05) is 22.7 Å². The first-order valence-electron chi connectivity index (χ1n) is 13.8. The summed E-state index contributed by atoms with van der Waals surface area (Å²) in [5.74, 6) is -1.97. The maximum atomic E-state index is 15.6. The predicted molar refractivity (Wildman–Crippen MR) is 164 cm³/mol. The predicted octanol–water partition coefficient (Wildman–Crippen LogP) is 2.79. The maximum Gasteiger partial charge on any atom is 0.267 e. The summed E-state index contributed by atoms with van der Waals surface area (Å²) in [5.41, 5.74) is 7.02. The number of fused-ring (bicyclic) bond motifs is 2. The van der Waals surface area contributed by atoms with Crippen molar-refractivity contribution in [1.29, 1.82) is 0 Å². The summed E-state index contributed by atoms with van der Waals surface area (Å²) in [5, 5.41) is 12.0. The van der Waals surface area contributed by atoms with Crippen LogP contribution < -0.4 is 16.4 Å². The van der Waals surface area contributed by atoms with Crippen LogP contribution in [0.25, 0.3) is 11.1 Å². The second-order valence-electron chi connectivity index (χ2n) is 10.9. The Morgan fingerprint density at radius 2 is 1.86 bits per heavy atom. The third-order valence-electron chi connectivity index (χ3n) is 8.09. The maximum absolute atomic E-state index is 15.6. The van der Waals surface area contributed by atoms with Crippen molar-refractivity contribution in [1.82, 2.24) is 19.9 Å². The first-order chi connectivity index (χ1) is 21.3. The number of anilines is 2. The Morgan fingerprint density at radius 1 is 1.09 bits per heavy atom. The molecule has 4 N–H and O–H groups in total. The Morgan fingerprint density at radius 3 is 2.64 bits per heavy atom. The van der Waals surface area contributed by atoms with Gasteiger partial charge in [0.15, 0.2) is 16.7 Å². The molecule has 4 aliphatic rings. The molecule has 2 fully saturated rings. The smallest absolute Gasteiger partial charge is 0.267 e. The van der Waals surface area contributed by atoms with Crippen LogP contribution in [0.3, 0.4) is 0 Å². The summed E-state index contributed by atoms with van der Waals surface area (Å²) in [7, 11) is 0. The third-order valence-corrected chi connectivity index (χ3v) is 9.59. The molecule has 0 spiro atoms. The SMILES string of the molecule is NC(=O)C1=NN(CC(=O)N2C[C@@H]3C[C@@H]3[C@H]2C(=O)Nc2cccc(-c3ccccc3Cl)c2F)C2SC(Nc3cncnc3)=NC12. The summed E-state index contributed by atoms with van der Waals surface area (Å²) in [6.45, 7) is 0.213. The van der Waals surface area contributed by atoms with Gasteiger partial charge in [-0.05, 0) is 30.4 Å². The van der Waals surface area contributed by atoms with Gasteiger partial charge in [0.1, 0.15) is 30.3 Å². The van der Waals surface area contributed by atoms with E-state index in [2.05, 4.69) is 30.7 Å². The van der Waals surface area contributed by atoms with Crippen molar-refractivity contribution in [2.24, 2.45) is 27.7 Å². The molecule has 4 heterocycles. The number of hydrogen-bond donors (Lipinski definition) is 3. The largest absolute Gasteiger partial charge is 0.364 e. The van der Waals surface area contributed by atoms with E-state index in [9.17, 15) is 14.4 Å². The van der Waals surface area contributed by atoms with Gasteiger partial charge in [-0.3, -0.25) is 19.4 Å². The molecule has 5 atom stereocenters. The summed E-state index contributed by atoms with van der Waals surface area (Å²) >= 11 is 7.59. The van der Waals surface area contributed by atoms with E-state index in [-0.39, 0.29) is 41.3 Å². The fraction of sp³-hybridized carbons (Fsp3) is 0.276. The van der Waals surface area contributed by atoms with E-state index in [1.54, 1.807) is 48.8 Å². The molecule has 3 aromatic rings. The van der Waals surface area contributed by atoms with Crippen molar-refractivity contribution in [3.05, 3.63) is 72.0 Å². The van der Waals surface area contributed by atoms with Crippen LogP contribution in [0.2, 0.25) is 5.02 Å². The van der Waals surface area contributed by atoms with E-state index in [4.69, 9.17) is 17.3 Å². The number of nitrogens with zero attached hydrogens (tertiary/aromatic N) is 6. The molecule has 15 heteroatoms. The first kappa shape index (κ1) is 28.2. The van der Waals surface area contributed by atoms with Gasteiger partial charge in [0.25, 0.3) is 5.91 Å². The summed E-state index contributed by atoms with van der Waals surface area (Å²) in [6.07, 6.45) is 5.37. The molecular weight excluding hydrogens is 609 g/mol. The van der Waals surface area contributed by atoms with Gasteiger partial charge in [0.2, 0.25) is 11.8 Å². The van der Waals surface area contributed by atoms with Gasteiger partial charge in [-0.1, -0.05) is 53.7 Å². The minimum Gasteiger partial charge on any atom is -0.364 e. The summed E-state index contributed by atoms with van der Waals surface area (Å²) in [4.78, 5) is 53.4. The molecule has 0 radical (unpaired) electrons. The van der Waals surface area contributed by atoms with Crippen LogP contribution in [0.1, 0.15) is 6.42 Å². The number of hydrogen-bond acceptors (Lipinski definition) is 10. The van der Waals surface area contributed by atoms with Gasteiger partial charge in [-0.15, -0.1) is 0 Å². The molecule has 224 valence electrons. The van der Waals surface area contributed by atoms with E-state index in [0.29, 0.717) is 28.0 Å². The lowest BCUT2D eigenvalue weighted by molar-refractivity contribution is -0.138. The molecule has 7 rings (SSSR count). The highest BCUT2D eigenvalue weighted by Gasteiger charge is 2.57. The molecular formula is C29H25ClFN9O3S. The summed E-state index contributed by atoms with van der Waals surface area (Å²) < 4.78 is 15.6. The number of nitrogens with one attached hydrogen (secondary N) is 2. The second kappa shape index (κ2) is 11.2. The highest BCUT2D eigenvalue weighted by molar-refractivity contribution is 8.15. The number of carbonyl (C=O) groups is 3. The number of carbonyl (C=O) groups excluding carboxylic acids is 3. The highest BCUT2D eigenvalue weighted by atomic mass is 35.5. The molecule has 12 nitrogen and oxygen atoms in total. The van der Waals surface area contributed by atoms with Crippen molar-refractivity contribution in [2.75, 3.05) is 23.7 Å². The van der Waals surface area contributed by atoms with E-state index >= 15 is 4.39 Å². The van der Waals surface area contributed by atoms with Gasteiger partial charge in [-0.25, -0.2) is 19.4 Å². The van der Waals surface area contributed by atoms with Crippen LogP contribution in [-0.2, 0) is 14.4 Å². The zero-order chi connectivity index (χ0) is 30.5. The number of likely N-dealkylation sites (tertiary alicyclic amines) is 1. The van der Waals surface area contributed by atoms with Crippen molar-refractivity contribution >= 4 is 63.3 Å². The van der Waals surface area contributed by atoms with Crippen molar-refractivity contribution < 1.29 is 18.8 Å². The molecule has 3 aliphatic heterocycles. The Balaban J connectivity index is 1.06. The number of rotatable bonds is 7. The van der Waals surface area contributed by atoms with E-state index < -0.39 is 35.1 Å². The van der Waals surface area contributed by atoms with Gasteiger partial charge in [0.05, 0.1) is 23.8 Å². The molecule has 1 saturated carbocycles. The molecule has 1 aliphatic carbocycles. The summed E-state index contributed by atoms with van der Waals surface area (Å²) in [6, 6.07) is 10.2. The van der Waals surface area contributed by atoms with Gasteiger partial charge >= 0.3 is 0 Å². The normalized spacial score (nSPS) is 24.7. The van der Waals surface area contributed by atoms with Crippen molar-refractivity contribution in [3.8, 4) is 11.1 Å². The number of thioether (sulfide) groups is 1. The lowest BCUT2D eigenvalue weighted by Gasteiger charge is -2.29. The number of hydrazone groups is 1. The number of halogens is 2. The molecule has 0 bridgehead atoms. The number of piperidine rings is 1. The zero-order valence-electron chi connectivity index (χ0n) is 22.9. The molecule has 3 amide bonds. The Kier molecular flexibility index (Phi) is 7.17. The number of aliphatic imine (C=N–C) groups is 1. The number of aromatic nitrogens is 2. The number of benzene rings is 2. The number of amidine groups is 1. The molecule has 2 unspecified atom stereocenters. The number of amides is 3. The fourth-order valence-corrected chi connectivity index (χ4v) is 7.33.